The van der Waals surface area contributed by atoms with E-state index in [-0.39, 0.29) is 0 Å². The fourth-order valence-corrected chi connectivity index (χ4v) is 1.80. The van der Waals surface area contributed by atoms with Crippen LogP contribution in [0.3, 0.4) is 0 Å². The van der Waals surface area contributed by atoms with Crippen molar-refractivity contribution in [3.05, 3.63) is 58.5 Å². The lowest BCUT2D eigenvalue weighted by atomic mass is 10.2. The molecule has 0 saturated heterocycles. The van der Waals surface area contributed by atoms with Gasteiger partial charge in [0, 0.05) is 11.0 Å². The van der Waals surface area contributed by atoms with Crippen LogP contribution in [0.2, 0.25) is 0 Å². The first-order valence-corrected chi connectivity index (χ1v) is 6.69. The molecule has 18 heavy (non-hydrogen) atoms. The molecule has 1 heterocycles. The van der Waals surface area contributed by atoms with Crippen molar-refractivity contribution in [2.75, 3.05) is 13.2 Å². The number of halogens is 1. The maximum atomic E-state index is 5.57. The molecule has 0 spiro atoms. The lowest BCUT2D eigenvalue weighted by Gasteiger charge is -2.05. The molecular weight excluding hydrogens is 294 g/mol. The average molecular weight is 310 g/mol. The Labute approximate surface area is 115 Å². The van der Waals surface area contributed by atoms with Crippen LogP contribution in [0.1, 0.15) is 11.3 Å². The summed E-state index contributed by atoms with van der Waals surface area (Å²) >= 11 is 3.41. The number of rotatable bonds is 7. The van der Waals surface area contributed by atoms with Gasteiger partial charge in [-0.15, -0.1) is 0 Å². The Hall–Kier alpha value is -1.10. The first-order valence-electron chi connectivity index (χ1n) is 5.90. The smallest absolute Gasteiger partial charge is 0.117 e. The molecule has 1 N–H and O–H groups in total. The topological polar surface area (TPSA) is 34.4 Å². The molecule has 0 aliphatic heterocycles. The van der Waals surface area contributed by atoms with Crippen molar-refractivity contribution >= 4 is 15.9 Å². The quantitative estimate of drug-likeness (QED) is 0.797. The molecule has 96 valence electrons. The van der Waals surface area contributed by atoms with Crippen LogP contribution >= 0.6 is 15.9 Å². The zero-order chi connectivity index (χ0) is 12.6. The van der Waals surface area contributed by atoms with E-state index in [2.05, 4.69) is 33.4 Å². The van der Waals surface area contributed by atoms with Gasteiger partial charge in [-0.05, 0) is 29.8 Å². The van der Waals surface area contributed by atoms with Crippen LogP contribution in [-0.2, 0) is 17.9 Å². The van der Waals surface area contributed by atoms with Crippen molar-refractivity contribution in [2.24, 2.45) is 0 Å². The minimum Gasteiger partial charge on any atom is -0.468 e. The highest BCUT2D eigenvalue weighted by Crippen LogP contribution is 2.10. The van der Waals surface area contributed by atoms with Gasteiger partial charge in [0.15, 0.2) is 0 Å². The van der Waals surface area contributed by atoms with Gasteiger partial charge in [0.25, 0.3) is 0 Å². The zero-order valence-electron chi connectivity index (χ0n) is 10.1. The van der Waals surface area contributed by atoms with E-state index in [0.29, 0.717) is 13.2 Å². The summed E-state index contributed by atoms with van der Waals surface area (Å²) < 4.78 is 11.9. The molecule has 2 rings (SSSR count). The third-order valence-corrected chi connectivity index (χ3v) is 3.01. The highest BCUT2D eigenvalue weighted by molar-refractivity contribution is 9.10. The lowest BCUT2D eigenvalue weighted by molar-refractivity contribution is 0.122. The van der Waals surface area contributed by atoms with Crippen LogP contribution in [0.5, 0.6) is 0 Å². The molecule has 0 aliphatic carbocycles. The third-order valence-electron chi connectivity index (χ3n) is 2.48. The van der Waals surface area contributed by atoms with E-state index in [1.807, 2.05) is 24.3 Å². The van der Waals surface area contributed by atoms with Crippen molar-refractivity contribution < 1.29 is 9.15 Å². The number of ether oxygens (including phenoxy) is 1. The second-order valence-corrected chi connectivity index (χ2v) is 4.85. The van der Waals surface area contributed by atoms with Crippen LogP contribution in [0.25, 0.3) is 0 Å². The van der Waals surface area contributed by atoms with Gasteiger partial charge < -0.3 is 14.5 Å². The summed E-state index contributed by atoms with van der Waals surface area (Å²) in [4.78, 5) is 0. The predicted octanol–water partition coefficient (Wildman–Crippen LogP) is 3.35. The summed E-state index contributed by atoms with van der Waals surface area (Å²) in [6.07, 6.45) is 1.68. The van der Waals surface area contributed by atoms with Gasteiger partial charge in [0.05, 0.1) is 26.0 Å². The van der Waals surface area contributed by atoms with E-state index in [1.54, 1.807) is 6.26 Å². The Morgan fingerprint density at radius 3 is 2.72 bits per heavy atom. The van der Waals surface area contributed by atoms with Gasteiger partial charge >= 0.3 is 0 Å². The fourth-order valence-electron chi connectivity index (χ4n) is 1.54. The van der Waals surface area contributed by atoms with Gasteiger partial charge in [-0.3, -0.25) is 0 Å². The summed E-state index contributed by atoms with van der Waals surface area (Å²) in [5.41, 5.74) is 1.18. The van der Waals surface area contributed by atoms with Crippen molar-refractivity contribution in [1.82, 2.24) is 5.32 Å². The Morgan fingerprint density at radius 2 is 2.00 bits per heavy atom. The zero-order valence-corrected chi connectivity index (χ0v) is 11.7. The molecule has 0 atom stereocenters. The fraction of sp³-hybridized carbons (Fsp3) is 0.286. The van der Waals surface area contributed by atoms with Gasteiger partial charge in [-0.1, -0.05) is 28.1 Å². The molecule has 3 nitrogen and oxygen atoms in total. The molecule has 2 aromatic rings. The van der Waals surface area contributed by atoms with Gasteiger partial charge in [-0.25, -0.2) is 0 Å². The minimum absolute atomic E-state index is 0.649. The first kappa shape index (κ1) is 13.3. The van der Waals surface area contributed by atoms with Crippen molar-refractivity contribution in [1.29, 1.82) is 0 Å². The molecule has 0 amide bonds. The molecule has 1 aromatic heterocycles. The third kappa shape index (κ3) is 4.64. The number of nitrogens with one attached hydrogen (secondary N) is 1. The van der Waals surface area contributed by atoms with Gasteiger partial charge in [0.2, 0.25) is 0 Å². The number of hydrogen-bond acceptors (Lipinski definition) is 3. The van der Waals surface area contributed by atoms with E-state index >= 15 is 0 Å². The average Bonchev–Trinajstić information content (AvgIpc) is 2.89. The highest BCUT2D eigenvalue weighted by Gasteiger charge is 1.95. The van der Waals surface area contributed by atoms with Crippen LogP contribution in [0.4, 0.5) is 0 Å². The molecule has 1 aromatic carbocycles. The largest absolute Gasteiger partial charge is 0.468 e. The van der Waals surface area contributed by atoms with Crippen LogP contribution in [0.15, 0.2) is 51.6 Å². The highest BCUT2D eigenvalue weighted by atomic mass is 79.9. The van der Waals surface area contributed by atoms with Crippen LogP contribution in [0, 0.1) is 0 Å². The molecule has 0 fully saturated rings. The van der Waals surface area contributed by atoms with Crippen molar-refractivity contribution in [3.63, 3.8) is 0 Å². The van der Waals surface area contributed by atoms with E-state index < -0.39 is 0 Å². The Bertz CT molecular complexity index is 439. The second-order valence-electron chi connectivity index (χ2n) is 3.94. The lowest BCUT2D eigenvalue weighted by Crippen LogP contribution is -2.18. The van der Waals surface area contributed by atoms with Crippen LogP contribution < -0.4 is 5.32 Å². The van der Waals surface area contributed by atoms with Gasteiger partial charge in [-0.2, -0.15) is 0 Å². The molecule has 0 saturated carbocycles. The minimum atomic E-state index is 0.649. The monoisotopic (exact) mass is 309 g/mol. The summed E-state index contributed by atoms with van der Waals surface area (Å²) in [5.74, 6) is 0.947. The van der Waals surface area contributed by atoms with Crippen molar-refractivity contribution in [2.45, 2.75) is 13.2 Å². The summed E-state index contributed by atoms with van der Waals surface area (Å²) in [6, 6.07) is 12.0. The van der Waals surface area contributed by atoms with E-state index in [4.69, 9.17) is 9.15 Å². The predicted molar refractivity (Wildman–Crippen MR) is 74.2 cm³/mol. The Balaban J connectivity index is 1.55. The normalized spacial score (nSPS) is 10.7. The van der Waals surface area contributed by atoms with Crippen LogP contribution in [-0.4, -0.2) is 13.2 Å². The molecule has 0 unspecified atom stereocenters. The molecule has 0 aliphatic rings. The first-order chi connectivity index (χ1) is 8.84. The summed E-state index contributed by atoms with van der Waals surface area (Å²) in [7, 11) is 0. The van der Waals surface area contributed by atoms with E-state index in [0.717, 1.165) is 23.3 Å². The SMILES string of the molecule is Brc1ccc(COCCNCc2ccco2)cc1. The molecular formula is C14H16BrNO2. The number of furan rings is 1. The number of benzene rings is 1. The molecule has 0 radical (unpaired) electrons. The van der Waals surface area contributed by atoms with E-state index in [1.165, 1.54) is 5.56 Å². The maximum Gasteiger partial charge on any atom is 0.117 e. The number of hydrogen-bond donors (Lipinski definition) is 1. The maximum absolute atomic E-state index is 5.57. The van der Waals surface area contributed by atoms with E-state index in [9.17, 15) is 0 Å². The van der Waals surface area contributed by atoms with Crippen molar-refractivity contribution in [3.8, 4) is 0 Å². The summed E-state index contributed by atoms with van der Waals surface area (Å²) in [6.45, 7) is 2.90. The second kappa shape index (κ2) is 7.36. The standard InChI is InChI=1S/C14H16BrNO2/c15-13-5-3-12(4-6-13)11-17-9-7-16-10-14-2-1-8-18-14/h1-6,8,16H,7,9-11H2. The molecule has 0 bridgehead atoms. The summed E-state index contributed by atoms with van der Waals surface area (Å²) in [5, 5.41) is 3.26. The molecule has 4 heteroatoms. The van der Waals surface area contributed by atoms with Gasteiger partial charge in [0.1, 0.15) is 5.76 Å². The Morgan fingerprint density at radius 1 is 1.17 bits per heavy atom. The Kier molecular flexibility index (Phi) is 5.45.